The molecule has 0 saturated heterocycles. The molecule has 3 aromatic rings. The Bertz CT molecular complexity index is 734. The fourth-order valence-corrected chi connectivity index (χ4v) is 2.08. The van der Waals surface area contributed by atoms with Crippen LogP contribution < -0.4 is 0 Å². The number of rotatable bonds is 1. The summed E-state index contributed by atoms with van der Waals surface area (Å²) in [7, 11) is 1.87. The van der Waals surface area contributed by atoms with Crippen LogP contribution in [0.4, 0.5) is 4.39 Å². The van der Waals surface area contributed by atoms with Crippen molar-refractivity contribution < 1.29 is 9.50 Å². The zero-order chi connectivity index (χ0) is 12.7. The van der Waals surface area contributed by atoms with Gasteiger partial charge in [0.05, 0.1) is 16.6 Å². The molecular weight excluding hydrogens is 231 g/mol. The van der Waals surface area contributed by atoms with Crippen molar-refractivity contribution in [2.75, 3.05) is 0 Å². The summed E-state index contributed by atoms with van der Waals surface area (Å²) in [5.41, 5.74) is 2.34. The highest BCUT2D eigenvalue weighted by Crippen LogP contribution is 2.30. The highest BCUT2D eigenvalue weighted by Gasteiger charge is 2.13. The van der Waals surface area contributed by atoms with Crippen molar-refractivity contribution in [1.82, 2.24) is 9.55 Å². The molecule has 2 aromatic carbocycles. The molecule has 0 aliphatic heterocycles. The van der Waals surface area contributed by atoms with Gasteiger partial charge < -0.3 is 9.67 Å². The Labute approximate surface area is 103 Å². The van der Waals surface area contributed by atoms with Gasteiger partial charge in [0.2, 0.25) is 0 Å². The molecule has 0 saturated carbocycles. The van der Waals surface area contributed by atoms with Crippen LogP contribution in [-0.2, 0) is 7.05 Å². The smallest absolute Gasteiger partial charge is 0.144 e. The van der Waals surface area contributed by atoms with Gasteiger partial charge in [0.1, 0.15) is 17.4 Å². The Kier molecular flexibility index (Phi) is 2.30. The van der Waals surface area contributed by atoms with Crippen LogP contribution >= 0.6 is 0 Å². The predicted molar refractivity (Wildman–Crippen MR) is 67.8 cm³/mol. The molecular formula is C14H11FN2O. The van der Waals surface area contributed by atoms with E-state index in [1.165, 1.54) is 12.1 Å². The summed E-state index contributed by atoms with van der Waals surface area (Å²) in [6, 6.07) is 11.6. The van der Waals surface area contributed by atoms with Crippen LogP contribution in [0, 0.1) is 5.82 Å². The average Bonchev–Trinajstić information content (AvgIpc) is 2.68. The molecule has 0 unspecified atom stereocenters. The van der Waals surface area contributed by atoms with Crippen molar-refractivity contribution in [3.8, 4) is 17.1 Å². The number of aryl methyl sites for hydroxylation is 1. The molecule has 1 heterocycles. The predicted octanol–water partition coefficient (Wildman–Crippen LogP) is 3.09. The van der Waals surface area contributed by atoms with Crippen molar-refractivity contribution >= 4 is 11.0 Å². The molecule has 0 aliphatic rings. The molecule has 90 valence electrons. The third-order valence-corrected chi connectivity index (χ3v) is 2.99. The summed E-state index contributed by atoms with van der Waals surface area (Å²) >= 11 is 0. The number of hydrogen-bond donors (Lipinski definition) is 1. The molecule has 0 amide bonds. The Balaban J connectivity index is 2.28. The van der Waals surface area contributed by atoms with E-state index in [4.69, 9.17) is 0 Å². The van der Waals surface area contributed by atoms with Gasteiger partial charge in [-0.1, -0.05) is 12.1 Å². The topological polar surface area (TPSA) is 38.0 Å². The van der Waals surface area contributed by atoms with Crippen molar-refractivity contribution in [3.05, 3.63) is 48.3 Å². The van der Waals surface area contributed by atoms with E-state index >= 15 is 0 Å². The second kappa shape index (κ2) is 3.84. The fraction of sp³-hybridized carbons (Fsp3) is 0.0714. The second-order valence-corrected chi connectivity index (χ2v) is 4.14. The van der Waals surface area contributed by atoms with E-state index in [0.29, 0.717) is 11.4 Å². The van der Waals surface area contributed by atoms with Crippen LogP contribution in [-0.4, -0.2) is 14.7 Å². The minimum atomic E-state index is -0.463. The number of aromatic hydroxyl groups is 1. The quantitative estimate of drug-likeness (QED) is 0.712. The number of fused-ring (bicyclic) bond motifs is 1. The minimum absolute atomic E-state index is 0.103. The number of nitrogens with zero attached hydrogens (tertiary/aromatic N) is 2. The monoisotopic (exact) mass is 242 g/mol. The SMILES string of the molecule is Cn1c(-c2ccc(F)cc2O)nc2ccccc21. The molecule has 0 atom stereocenters. The third kappa shape index (κ3) is 1.54. The maximum absolute atomic E-state index is 13.0. The number of phenols is 1. The Morgan fingerprint density at radius 1 is 1.17 bits per heavy atom. The molecule has 0 radical (unpaired) electrons. The zero-order valence-electron chi connectivity index (χ0n) is 9.76. The van der Waals surface area contributed by atoms with Gasteiger partial charge in [-0.25, -0.2) is 9.37 Å². The number of halogens is 1. The van der Waals surface area contributed by atoms with Crippen LogP contribution in [0.5, 0.6) is 5.75 Å². The molecule has 0 fully saturated rings. The van der Waals surface area contributed by atoms with E-state index in [9.17, 15) is 9.50 Å². The lowest BCUT2D eigenvalue weighted by molar-refractivity contribution is 0.470. The molecule has 18 heavy (non-hydrogen) atoms. The van der Waals surface area contributed by atoms with Gasteiger partial charge >= 0.3 is 0 Å². The Morgan fingerprint density at radius 2 is 1.94 bits per heavy atom. The number of para-hydroxylation sites is 2. The Morgan fingerprint density at radius 3 is 2.67 bits per heavy atom. The van der Waals surface area contributed by atoms with Crippen molar-refractivity contribution in [1.29, 1.82) is 0 Å². The van der Waals surface area contributed by atoms with E-state index in [0.717, 1.165) is 17.1 Å². The standard InChI is InChI=1S/C14H11FN2O/c1-17-12-5-3-2-4-11(12)16-14(17)10-7-6-9(15)8-13(10)18/h2-8,18H,1H3. The van der Waals surface area contributed by atoms with Crippen LogP contribution in [0.3, 0.4) is 0 Å². The molecule has 1 aromatic heterocycles. The lowest BCUT2D eigenvalue weighted by atomic mass is 10.2. The van der Waals surface area contributed by atoms with Crippen molar-refractivity contribution in [2.45, 2.75) is 0 Å². The highest BCUT2D eigenvalue weighted by atomic mass is 19.1. The van der Waals surface area contributed by atoms with Gasteiger partial charge in [0.15, 0.2) is 0 Å². The maximum atomic E-state index is 13.0. The number of hydrogen-bond acceptors (Lipinski definition) is 2. The molecule has 0 spiro atoms. The molecule has 1 N–H and O–H groups in total. The maximum Gasteiger partial charge on any atom is 0.144 e. The van der Waals surface area contributed by atoms with E-state index in [-0.39, 0.29) is 5.75 Å². The molecule has 3 nitrogen and oxygen atoms in total. The second-order valence-electron chi connectivity index (χ2n) is 4.14. The normalized spacial score (nSPS) is 11.0. The third-order valence-electron chi connectivity index (χ3n) is 2.99. The summed E-state index contributed by atoms with van der Waals surface area (Å²) in [6.07, 6.45) is 0. The van der Waals surface area contributed by atoms with Gasteiger partial charge in [-0.2, -0.15) is 0 Å². The first-order valence-corrected chi connectivity index (χ1v) is 5.57. The zero-order valence-corrected chi connectivity index (χ0v) is 9.76. The van der Waals surface area contributed by atoms with E-state index in [1.807, 2.05) is 35.9 Å². The van der Waals surface area contributed by atoms with Gasteiger partial charge in [-0.3, -0.25) is 0 Å². The van der Waals surface area contributed by atoms with Crippen molar-refractivity contribution in [2.24, 2.45) is 7.05 Å². The van der Waals surface area contributed by atoms with Gasteiger partial charge in [0.25, 0.3) is 0 Å². The first-order chi connectivity index (χ1) is 8.66. The summed E-state index contributed by atoms with van der Waals surface area (Å²) in [4.78, 5) is 4.45. The molecule has 3 rings (SSSR count). The van der Waals surface area contributed by atoms with Gasteiger partial charge in [-0.05, 0) is 24.3 Å². The summed E-state index contributed by atoms with van der Waals surface area (Å²) in [6.45, 7) is 0. The minimum Gasteiger partial charge on any atom is -0.507 e. The van der Waals surface area contributed by atoms with E-state index in [2.05, 4.69) is 4.98 Å². The fourth-order valence-electron chi connectivity index (χ4n) is 2.08. The molecule has 4 heteroatoms. The van der Waals surface area contributed by atoms with E-state index < -0.39 is 5.82 Å². The van der Waals surface area contributed by atoms with Crippen LogP contribution in [0.15, 0.2) is 42.5 Å². The first kappa shape index (κ1) is 10.8. The summed E-state index contributed by atoms with van der Waals surface area (Å²) in [5.74, 6) is 0.0529. The van der Waals surface area contributed by atoms with Crippen LogP contribution in [0.2, 0.25) is 0 Å². The average molecular weight is 242 g/mol. The number of imidazole rings is 1. The lowest BCUT2D eigenvalue weighted by Gasteiger charge is -2.04. The number of aromatic nitrogens is 2. The van der Waals surface area contributed by atoms with Crippen LogP contribution in [0.1, 0.15) is 0 Å². The van der Waals surface area contributed by atoms with E-state index in [1.54, 1.807) is 0 Å². The van der Waals surface area contributed by atoms with Crippen LogP contribution in [0.25, 0.3) is 22.4 Å². The number of phenolic OH excluding ortho intramolecular Hbond substituents is 1. The summed E-state index contributed by atoms with van der Waals surface area (Å²) < 4.78 is 14.9. The molecule has 0 bridgehead atoms. The first-order valence-electron chi connectivity index (χ1n) is 5.57. The largest absolute Gasteiger partial charge is 0.507 e. The Hall–Kier alpha value is -2.36. The van der Waals surface area contributed by atoms with Gasteiger partial charge in [-0.15, -0.1) is 0 Å². The van der Waals surface area contributed by atoms with Gasteiger partial charge in [0, 0.05) is 13.1 Å². The highest BCUT2D eigenvalue weighted by molar-refractivity contribution is 5.81. The number of benzene rings is 2. The lowest BCUT2D eigenvalue weighted by Crippen LogP contribution is -1.93. The molecule has 0 aliphatic carbocycles. The summed E-state index contributed by atoms with van der Waals surface area (Å²) in [5, 5.41) is 9.80. The van der Waals surface area contributed by atoms with Crippen molar-refractivity contribution in [3.63, 3.8) is 0 Å².